The van der Waals surface area contributed by atoms with Crippen molar-refractivity contribution in [2.24, 2.45) is 5.73 Å². The van der Waals surface area contributed by atoms with Crippen LogP contribution in [0.3, 0.4) is 0 Å². The molecule has 0 aromatic rings. The summed E-state index contributed by atoms with van der Waals surface area (Å²) < 4.78 is 10.9. The lowest BCUT2D eigenvalue weighted by Crippen LogP contribution is -2.43. The molecule has 0 amide bonds. The molecule has 1 aliphatic heterocycles. The van der Waals surface area contributed by atoms with Gasteiger partial charge in [-0.1, -0.05) is 6.92 Å². The van der Waals surface area contributed by atoms with E-state index in [1.54, 1.807) is 0 Å². The number of halogens is 1. The Kier molecular flexibility index (Phi) is 9.44. The topological polar surface area (TPSA) is 47.7 Å². The van der Waals surface area contributed by atoms with Gasteiger partial charge in [0.15, 0.2) is 0 Å². The van der Waals surface area contributed by atoms with Gasteiger partial charge in [0.05, 0.1) is 25.9 Å². The molecule has 2 N–H and O–H groups in total. The summed E-state index contributed by atoms with van der Waals surface area (Å²) in [6.45, 7) is 8.16. The van der Waals surface area contributed by atoms with Crippen molar-refractivity contribution >= 4 is 12.4 Å². The van der Waals surface area contributed by atoms with E-state index < -0.39 is 0 Å². The van der Waals surface area contributed by atoms with Gasteiger partial charge >= 0.3 is 0 Å². The Balaban J connectivity index is 0.00000196. The van der Waals surface area contributed by atoms with Crippen molar-refractivity contribution in [3.63, 3.8) is 0 Å². The molecule has 0 radical (unpaired) electrons. The van der Waals surface area contributed by atoms with Crippen molar-refractivity contribution in [3.05, 3.63) is 0 Å². The third-order valence-electron chi connectivity index (χ3n) is 2.49. The molecule has 1 fully saturated rings. The zero-order valence-corrected chi connectivity index (χ0v) is 10.3. The summed E-state index contributed by atoms with van der Waals surface area (Å²) in [5.41, 5.74) is 5.33. The summed E-state index contributed by atoms with van der Waals surface area (Å²) in [6, 6.07) is 0. The van der Waals surface area contributed by atoms with Crippen LogP contribution in [0.25, 0.3) is 0 Å². The maximum absolute atomic E-state index is 5.58. The fourth-order valence-corrected chi connectivity index (χ4v) is 1.61. The van der Waals surface area contributed by atoms with Gasteiger partial charge in [-0.05, 0) is 6.42 Å². The minimum atomic E-state index is 0. The molecule has 5 heteroatoms. The predicted octanol–water partition coefficient (Wildman–Crippen LogP) is 0.494. The first-order valence-corrected chi connectivity index (χ1v) is 5.48. The lowest BCUT2D eigenvalue weighted by atomic mass is 10.2. The second-order valence-corrected chi connectivity index (χ2v) is 3.60. The van der Waals surface area contributed by atoms with Gasteiger partial charge in [0.1, 0.15) is 0 Å². The molecule has 1 saturated heterocycles. The van der Waals surface area contributed by atoms with Crippen LogP contribution in [0.4, 0.5) is 0 Å². The van der Waals surface area contributed by atoms with Crippen LogP contribution in [0.1, 0.15) is 13.3 Å². The van der Waals surface area contributed by atoms with E-state index >= 15 is 0 Å². The van der Waals surface area contributed by atoms with Gasteiger partial charge in [-0.3, -0.25) is 4.90 Å². The number of rotatable bonds is 6. The maximum Gasteiger partial charge on any atom is 0.0700 e. The van der Waals surface area contributed by atoms with Gasteiger partial charge in [-0.2, -0.15) is 0 Å². The van der Waals surface area contributed by atoms with Crippen LogP contribution in [0.2, 0.25) is 0 Å². The van der Waals surface area contributed by atoms with Gasteiger partial charge in [0.2, 0.25) is 0 Å². The van der Waals surface area contributed by atoms with E-state index in [1.165, 1.54) is 0 Å². The predicted molar refractivity (Wildman–Crippen MR) is 63.6 cm³/mol. The Morgan fingerprint density at radius 2 is 2.27 bits per heavy atom. The Hall–Kier alpha value is 0.130. The molecule has 1 heterocycles. The molecule has 1 aliphatic rings. The van der Waals surface area contributed by atoms with Gasteiger partial charge in [0.25, 0.3) is 0 Å². The number of nitrogens with zero attached hydrogens (tertiary/aromatic N) is 1. The molecule has 92 valence electrons. The van der Waals surface area contributed by atoms with E-state index in [4.69, 9.17) is 15.2 Å². The molecular weight excluding hydrogens is 216 g/mol. The highest BCUT2D eigenvalue weighted by molar-refractivity contribution is 5.85. The molecule has 0 aliphatic carbocycles. The van der Waals surface area contributed by atoms with E-state index in [0.717, 1.165) is 39.3 Å². The highest BCUT2D eigenvalue weighted by Gasteiger charge is 2.17. The van der Waals surface area contributed by atoms with E-state index in [2.05, 4.69) is 11.8 Å². The molecule has 4 nitrogen and oxygen atoms in total. The monoisotopic (exact) mass is 238 g/mol. The van der Waals surface area contributed by atoms with Crippen LogP contribution in [-0.2, 0) is 9.47 Å². The maximum atomic E-state index is 5.58. The van der Waals surface area contributed by atoms with Crippen LogP contribution in [0.5, 0.6) is 0 Å². The van der Waals surface area contributed by atoms with Crippen LogP contribution >= 0.6 is 12.4 Å². The lowest BCUT2D eigenvalue weighted by Gasteiger charge is -2.32. The average molecular weight is 239 g/mol. The second-order valence-electron chi connectivity index (χ2n) is 3.60. The molecule has 1 atom stereocenters. The molecule has 0 saturated carbocycles. The summed E-state index contributed by atoms with van der Waals surface area (Å²) in [5.74, 6) is 0. The number of ether oxygens (including phenoxy) is 2. The molecule has 15 heavy (non-hydrogen) atoms. The summed E-state index contributed by atoms with van der Waals surface area (Å²) >= 11 is 0. The van der Waals surface area contributed by atoms with Crippen LogP contribution < -0.4 is 5.73 Å². The van der Waals surface area contributed by atoms with Gasteiger partial charge < -0.3 is 15.2 Å². The van der Waals surface area contributed by atoms with E-state index in [-0.39, 0.29) is 12.4 Å². The number of hydrogen-bond donors (Lipinski definition) is 1. The molecule has 0 aromatic heterocycles. The van der Waals surface area contributed by atoms with Crippen molar-refractivity contribution in [1.29, 1.82) is 0 Å². The van der Waals surface area contributed by atoms with Crippen molar-refractivity contribution in [2.45, 2.75) is 19.4 Å². The summed E-state index contributed by atoms with van der Waals surface area (Å²) in [5, 5.41) is 0. The smallest absolute Gasteiger partial charge is 0.0700 e. The molecule has 0 bridgehead atoms. The lowest BCUT2D eigenvalue weighted by molar-refractivity contribution is -0.0369. The first kappa shape index (κ1) is 15.1. The molecular formula is C10H23ClN2O2. The Morgan fingerprint density at radius 1 is 1.47 bits per heavy atom. The van der Waals surface area contributed by atoms with Gasteiger partial charge in [-0.25, -0.2) is 0 Å². The number of nitrogens with two attached hydrogens (primary N) is 1. The quantitative estimate of drug-likeness (QED) is 0.685. The normalized spacial score (nSPS) is 22.4. The van der Waals surface area contributed by atoms with Crippen molar-refractivity contribution in [3.8, 4) is 0 Å². The zero-order chi connectivity index (χ0) is 10.2. The van der Waals surface area contributed by atoms with Gasteiger partial charge in [-0.15, -0.1) is 12.4 Å². The number of morpholine rings is 1. The fraction of sp³-hybridized carbons (Fsp3) is 1.00. The third-order valence-corrected chi connectivity index (χ3v) is 2.49. The van der Waals surface area contributed by atoms with E-state index in [1.807, 2.05) is 0 Å². The Labute approximate surface area is 98.5 Å². The highest BCUT2D eigenvalue weighted by Crippen LogP contribution is 2.07. The Bertz CT molecular complexity index is 149. The molecule has 1 rings (SSSR count). The first-order valence-electron chi connectivity index (χ1n) is 5.48. The first-order chi connectivity index (χ1) is 6.86. The van der Waals surface area contributed by atoms with Crippen molar-refractivity contribution < 1.29 is 9.47 Å². The SMILES string of the molecule is CCC1CN(CCOCCN)CCO1.Cl. The number of hydrogen-bond acceptors (Lipinski definition) is 4. The van der Waals surface area contributed by atoms with Crippen molar-refractivity contribution in [2.75, 3.05) is 46.0 Å². The second kappa shape index (κ2) is 9.36. The summed E-state index contributed by atoms with van der Waals surface area (Å²) in [4.78, 5) is 2.40. The van der Waals surface area contributed by atoms with Crippen molar-refractivity contribution in [1.82, 2.24) is 4.90 Å². The Morgan fingerprint density at radius 3 is 2.93 bits per heavy atom. The minimum Gasteiger partial charge on any atom is -0.379 e. The highest BCUT2D eigenvalue weighted by atomic mass is 35.5. The molecule has 0 spiro atoms. The largest absolute Gasteiger partial charge is 0.379 e. The standard InChI is InChI=1S/C10H22N2O2.ClH/c1-2-10-9-12(5-8-14-10)4-7-13-6-3-11;/h10H,2-9,11H2,1H3;1H. The average Bonchev–Trinajstić information content (AvgIpc) is 2.25. The molecule has 0 aromatic carbocycles. The zero-order valence-electron chi connectivity index (χ0n) is 9.48. The van der Waals surface area contributed by atoms with E-state index in [0.29, 0.717) is 19.3 Å². The fourth-order valence-electron chi connectivity index (χ4n) is 1.61. The van der Waals surface area contributed by atoms with Crippen LogP contribution in [-0.4, -0.2) is 57.0 Å². The van der Waals surface area contributed by atoms with Crippen LogP contribution in [0.15, 0.2) is 0 Å². The molecule has 1 unspecified atom stereocenters. The van der Waals surface area contributed by atoms with Crippen LogP contribution in [0, 0.1) is 0 Å². The van der Waals surface area contributed by atoms with Gasteiger partial charge in [0, 0.05) is 26.2 Å². The minimum absolute atomic E-state index is 0. The third kappa shape index (κ3) is 6.33. The van der Waals surface area contributed by atoms with E-state index in [9.17, 15) is 0 Å². The summed E-state index contributed by atoms with van der Waals surface area (Å²) in [6.07, 6.45) is 1.51. The summed E-state index contributed by atoms with van der Waals surface area (Å²) in [7, 11) is 0.